The first-order chi connectivity index (χ1) is 19.8. The zero-order valence-electron chi connectivity index (χ0n) is 22.1. The lowest BCUT2D eigenvalue weighted by atomic mass is 10.3. The van der Waals surface area contributed by atoms with Crippen LogP contribution in [-0.2, 0) is 22.7 Å². The molecule has 0 atom stereocenters. The molecule has 2 aromatic carbocycles. The molecule has 8 nitrogen and oxygen atoms in total. The number of carboxylic acids is 1. The number of hydrogen-bond acceptors (Lipinski definition) is 5. The molecule has 2 aromatic heterocycles. The van der Waals surface area contributed by atoms with Gasteiger partial charge < -0.3 is 28.8 Å². The van der Waals surface area contributed by atoms with Crippen LogP contribution >= 0.6 is 0 Å². The molecule has 2 heterocycles. The minimum atomic E-state index is -0.992. The summed E-state index contributed by atoms with van der Waals surface area (Å²) in [5.41, 5.74) is 1.61. The fourth-order valence-electron chi connectivity index (χ4n) is 3.59. The maximum atomic E-state index is 13.0. The van der Waals surface area contributed by atoms with Crippen molar-refractivity contribution in [3.8, 4) is 11.5 Å². The monoisotopic (exact) mass is 564 g/mol. The molecule has 4 aromatic rings. The third-order valence-corrected chi connectivity index (χ3v) is 5.52. The van der Waals surface area contributed by atoms with Gasteiger partial charge in [-0.05, 0) is 66.8 Å². The van der Waals surface area contributed by atoms with Crippen LogP contribution in [-0.4, -0.2) is 50.9 Å². The van der Waals surface area contributed by atoms with Crippen molar-refractivity contribution in [2.45, 2.75) is 13.1 Å². The summed E-state index contributed by atoms with van der Waals surface area (Å²) in [5, 5.41) is 17.3. The third-order valence-electron chi connectivity index (χ3n) is 5.52. The van der Waals surface area contributed by atoms with E-state index in [1.165, 1.54) is 36.4 Å². The third kappa shape index (κ3) is 11.0. The van der Waals surface area contributed by atoms with Gasteiger partial charge in [-0.3, -0.25) is 4.79 Å². The molecule has 0 amide bonds. The van der Waals surface area contributed by atoms with Crippen LogP contribution in [0.2, 0.25) is 0 Å². The maximum absolute atomic E-state index is 13.0. The van der Waals surface area contributed by atoms with Crippen molar-refractivity contribution in [2.24, 2.45) is 0 Å². The molecule has 4 rings (SSSR count). The van der Waals surface area contributed by atoms with E-state index in [-0.39, 0.29) is 17.4 Å². The lowest BCUT2D eigenvalue weighted by molar-refractivity contribution is -0.131. The molecule has 0 aliphatic rings. The summed E-state index contributed by atoms with van der Waals surface area (Å²) in [5.74, 6) is -1.06. The summed E-state index contributed by atoms with van der Waals surface area (Å²) in [6, 6.07) is 19.3. The van der Waals surface area contributed by atoms with Crippen molar-refractivity contribution in [3.63, 3.8) is 0 Å². The summed E-state index contributed by atoms with van der Waals surface area (Å²) in [6.07, 6.45) is 9.26. The first-order valence-corrected chi connectivity index (χ1v) is 12.6. The van der Waals surface area contributed by atoms with Gasteiger partial charge in [0.25, 0.3) is 0 Å². The quantitative estimate of drug-likeness (QED) is 0.220. The van der Waals surface area contributed by atoms with Crippen molar-refractivity contribution in [1.82, 2.24) is 9.13 Å². The number of ketones is 1. The number of ether oxygens (including phenoxy) is 2. The number of aliphatic hydroxyl groups excluding tert-OH is 1. The number of rotatable bonds is 13. The van der Waals surface area contributed by atoms with E-state index in [0.29, 0.717) is 37.8 Å². The Kier molecular flexibility index (Phi) is 12.1. The molecule has 0 aliphatic heterocycles. The number of aliphatic hydroxyl groups is 1. The number of carboxylic acid groups (broad SMARTS) is 1. The van der Waals surface area contributed by atoms with Crippen molar-refractivity contribution >= 4 is 23.9 Å². The SMILES string of the molecule is O=C(/C=C/c1cccn1CCOc1cccc(F)c1)CO.O=C(O)/C=C/c1cccn1CCOc1cccc(F)c1. The van der Waals surface area contributed by atoms with E-state index in [1.54, 1.807) is 30.3 Å². The van der Waals surface area contributed by atoms with Gasteiger partial charge in [0, 0.05) is 42.0 Å². The van der Waals surface area contributed by atoms with Gasteiger partial charge in [0.2, 0.25) is 0 Å². The van der Waals surface area contributed by atoms with Crippen LogP contribution in [0.25, 0.3) is 12.2 Å². The molecule has 41 heavy (non-hydrogen) atoms. The highest BCUT2D eigenvalue weighted by atomic mass is 19.1. The molecular formula is C31H30F2N2O6. The second kappa shape index (κ2) is 16.2. The van der Waals surface area contributed by atoms with E-state index >= 15 is 0 Å². The zero-order valence-corrected chi connectivity index (χ0v) is 22.1. The van der Waals surface area contributed by atoms with Crippen LogP contribution in [0, 0.1) is 11.6 Å². The maximum Gasteiger partial charge on any atom is 0.328 e. The Morgan fingerprint density at radius 2 is 1.22 bits per heavy atom. The number of benzene rings is 2. The van der Waals surface area contributed by atoms with E-state index < -0.39 is 12.6 Å². The van der Waals surface area contributed by atoms with Gasteiger partial charge in [-0.2, -0.15) is 0 Å². The number of hydrogen-bond donors (Lipinski definition) is 2. The van der Waals surface area contributed by atoms with E-state index in [0.717, 1.165) is 17.5 Å². The highest BCUT2D eigenvalue weighted by Gasteiger charge is 2.02. The largest absolute Gasteiger partial charge is 0.492 e. The average Bonchev–Trinajstić information content (AvgIpc) is 3.60. The Balaban J connectivity index is 0.000000226. The normalized spacial score (nSPS) is 10.9. The van der Waals surface area contributed by atoms with Crippen LogP contribution in [0.5, 0.6) is 11.5 Å². The van der Waals surface area contributed by atoms with Gasteiger partial charge in [-0.25, -0.2) is 13.6 Å². The van der Waals surface area contributed by atoms with Crippen molar-refractivity contribution in [1.29, 1.82) is 0 Å². The first kappa shape index (κ1) is 30.6. The molecular weight excluding hydrogens is 534 g/mol. The first-order valence-electron chi connectivity index (χ1n) is 12.6. The van der Waals surface area contributed by atoms with Gasteiger partial charge in [-0.1, -0.05) is 12.1 Å². The minimum Gasteiger partial charge on any atom is -0.492 e. The highest BCUT2D eigenvalue weighted by Crippen LogP contribution is 2.14. The number of carbonyl (C=O) groups excluding carboxylic acids is 1. The summed E-state index contributed by atoms with van der Waals surface area (Å²) >= 11 is 0. The van der Waals surface area contributed by atoms with Crippen LogP contribution in [0.3, 0.4) is 0 Å². The fourth-order valence-corrected chi connectivity index (χ4v) is 3.59. The van der Waals surface area contributed by atoms with E-state index in [2.05, 4.69) is 0 Å². The summed E-state index contributed by atoms with van der Waals surface area (Å²) < 4.78 is 40.6. The van der Waals surface area contributed by atoms with Crippen LogP contribution in [0.4, 0.5) is 8.78 Å². The van der Waals surface area contributed by atoms with Crippen molar-refractivity contribution in [3.05, 3.63) is 120 Å². The fraction of sp³-hybridized carbons (Fsp3) is 0.161. The predicted octanol–water partition coefficient (Wildman–Crippen LogP) is 5.08. The molecule has 0 saturated carbocycles. The summed E-state index contributed by atoms with van der Waals surface area (Å²) in [7, 11) is 0. The average molecular weight is 565 g/mol. The molecule has 0 fully saturated rings. The number of nitrogens with zero attached hydrogens (tertiary/aromatic N) is 2. The van der Waals surface area contributed by atoms with Crippen LogP contribution < -0.4 is 9.47 Å². The lowest BCUT2D eigenvalue weighted by Crippen LogP contribution is -2.08. The molecule has 0 unspecified atom stereocenters. The van der Waals surface area contributed by atoms with Gasteiger partial charge >= 0.3 is 5.97 Å². The smallest absolute Gasteiger partial charge is 0.328 e. The predicted molar refractivity (Wildman–Crippen MR) is 150 cm³/mol. The van der Waals surface area contributed by atoms with Crippen molar-refractivity contribution < 1.29 is 38.1 Å². The molecule has 10 heteroatoms. The molecule has 0 saturated heterocycles. The van der Waals surface area contributed by atoms with E-state index in [1.807, 2.05) is 45.8 Å². The number of carbonyl (C=O) groups is 2. The second-order valence-electron chi connectivity index (χ2n) is 8.49. The Labute approximate surface area is 236 Å². The standard InChI is InChI=1S/C16H16FNO3.C15H14FNO3/c17-13-3-1-5-16(11-13)21-10-9-18-8-2-4-14(18)6-7-15(20)12-19;16-12-3-1-5-14(11-12)20-10-9-17-8-2-4-13(17)6-7-15(18)19/h1-8,11,19H,9-10,12H2;1-8,11H,9-10H2,(H,18,19)/b2*7-6+. The zero-order chi connectivity index (χ0) is 29.5. The summed E-state index contributed by atoms with van der Waals surface area (Å²) in [4.78, 5) is 21.5. The number of halogens is 2. The molecule has 2 N–H and O–H groups in total. The Morgan fingerprint density at radius 3 is 1.66 bits per heavy atom. The second-order valence-corrected chi connectivity index (χ2v) is 8.49. The van der Waals surface area contributed by atoms with Gasteiger partial charge in [0.05, 0.1) is 13.1 Å². The van der Waals surface area contributed by atoms with E-state index in [4.69, 9.17) is 19.7 Å². The van der Waals surface area contributed by atoms with Gasteiger partial charge in [0.15, 0.2) is 5.78 Å². The highest BCUT2D eigenvalue weighted by molar-refractivity contribution is 5.94. The molecule has 0 radical (unpaired) electrons. The molecule has 0 bridgehead atoms. The Morgan fingerprint density at radius 1 is 0.732 bits per heavy atom. The van der Waals surface area contributed by atoms with E-state index in [9.17, 15) is 18.4 Å². The van der Waals surface area contributed by atoms with Crippen molar-refractivity contribution in [2.75, 3.05) is 19.8 Å². The Hall–Kier alpha value is -4.96. The molecule has 0 aliphatic carbocycles. The van der Waals surface area contributed by atoms with Crippen LogP contribution in [0.1, 0.15) is 11.4 Å². The van der Waals surface area contributed by atoms with Gasteiger partial charge in [0.1, 0.15) is 43.0 Å². The Bertz CT molecular complexity index is 1470. The van der Waals surface area contributed by atoms with Gasteiger partial charge in [-0.15, -0.1) is 0 Å². The number of aliphatic carboxylic acids is 1. The number of aromatic nitrogens is 2. The molecule has 0 spiro atoms. The summed E-state index contributed by atoms with van der Waals surface area (Å²) in [6.45, 7) is 1.36. The molecule has 214 valence electrons. The van der Waals surface area contributed by atoms with Crippen LogP contribution in [0.15, 0.2) is 97.3 Å². The lowest BCUT2D eigenvalue weighted by Gasteiger charge is -2.09. The minimum absolute atomic E-state index is 0.334. The topological polar surface area (TPSA) is 103 Å².